The average Bonchev–Trinajstić information content (AvgIpc) is 3.45. The number of rotatable bonds is 10. The molecule has 0 radical (unpaired) electrons. The number of ether oxygens (including phenoxy) is 3. The van der Waals surface area contributed by atoms with Crippen molar-refractivity contribution in [1.82, 2.24) is 4.98 Å². The molecule has 12 heteroatoms. The van der Waals surface area contributed by atoms with E-state index in [4.69, 9.17) is 25.8 Å². The number of halogens is 1. The normalized spacial score (nSPS) is 19.1. The van der Waals surface area contributed by atoms with Crippen LogP contribution in [0.1, 0.15) is 43.5 Å². The van der Waals surface area contributed by atoms with Gasteiger partial charge in [0.25, 0.3) is 5.91 Å². The zero-order valence-electron chi connectivity index (χ0n) is 18.5. The first-order valence-corrected chi connectivity index (χ1v) is 13.7. The number of hydrogen-bond acceptors (Lipinski definition) is 9. The molecule has 0 spiro atoms. The minimum absolute atomic E-state index is 0.102. The van der Waals surface area contributed by atoms with Crippen molar-refractivity contribution < 1.29 is 32.2 Å². The van der Waals surface area contributed by atoms with Gasteiger partial charge in [0, 0.05) is 6.61 Å². The third kappa shape index (κ3) is 5.95. The lowest BCUT2D eigenvalue weighted by molar-refractivity contribution is -0.142. The van der Waals surface area contributed by atoms with Crippen molar-refractivity contribution in [3.05, 3.63) is 39.9 Å². The number of carbonyl (C=O) groups is 2. The summed E-state index contributed by atoms with van der Waals surface area (Å²) in [5, 5.41) is 2.61. The van der Waals surface area contributed by atoms with E-state index >= 15 is 0 Å². The van der Waals surface area contributed by atoms with Crippen LogP contribution in [0, 0.1) is 0 Å². The summed E-state index contributed by atoms with van der Waals surface area (Å²) in [4.78, 5) is 29.4. The van der Waals surface area contributed by atoms with Crippen LogP contribution in [0.15, 0.2) is 29.2 Å². The summed E-state index contributed by atoms with van der Waals surface area (Å²) < 4.78 is 41.6. The molecule has 1 unspecified atom stereocenters. The molecule has 2 atom stereocenters. The van der Waals surface area contributed by atoms with Gasteiger partial charge in [-0.15, -0.1) is 0 Å². The zero-order chi connectivity index (χ0) is 24.3. The first-order valence-electron chi connectivity index (χ1n) is 11.0. The van der Waals surface area contributed by atoms with Gasteiger partial charge in [0.2, 0.25) is 0 Å². The minimum Gasteiger partial charge on any atom is -0.466 e. The quantitative estimate of drug-likeness (QED) is 0.466. The molecular formula is C22H25ClN2O7S2. The molecule has 184 valence electrons. The van der Waals surface area contributed by atoms with Crippen LogP contribution in [0.25, 0.3) is 0 Å². The van der Waals surface area contributed by atoms with Crippen molar-refractivity contribution >= 4 is 49.8 Å². The standard InChI is InChI=1S/C22H25ClN2O7S2/c1-2-31-18(26)11-17-20(23)33-22(24-17)25-21(27)19(32-14-9-10-30-12-14)13-3-5-15(6-4-13)34(28,29)16-7-8-16/h3-6,14,16,19H,2,7-12H2,1H3,(H,24,25,27)/t14-,19?/m1/s1. The van der Waals surface area contributed by atoms with Crippen LogP contribution < -0.4 is 5.32 Å². The summed E-state index contributed by atoms with van der Waals surface area (Å²) in [7, 11) is -3.34. The van der Waals surface area contributed by atoms with E-state index in [0.717, 1.165) is 11.3 Å². The topological polar surface area (TPSA) is 121 Å². The molecule has 2 aromatic rings. The fourth-order valence-electron chi connectivity index (χ4n) is 3.52. The molecule has 1 aliphatic carbocycles. The van der Waals surface area contributed by atoms with E-state index in [1.807, 2.05) is 0 Å². The smallest absolute Gasteiger partial charge is 0.311 e. The summed E-state index contributed by atoms with van der Waals surface area (Å²) in [6, 6.07) is 6.21. The van der Waals surface area contributed by atoms with Crippen LogP contribution in [0.5, 0.6) is 0 Å². The van der Waals surface area contributed by atoms with Crippen molar-refractivity contribution in [1.29, 1.82) is 0 Å². The number of sulfone groups is 1. The predicted octanol–water partition coefficient (Wildman–Crippen LogP) is 3.32. The third-order valence-electron chi connectivity index (χ3n) is 5.43. The number of benzene rings is 1. The van der Waals surface area contributed by atoms with Crippen LogP contribution in [0.3, 0.4) is 0 Å². The van der Waals surface area contributed by atoms with Gasteiger partial charge in [-0.05, 0) is 43.9 Å². The molecule has 1 amide bonds. The van der Waals surface area contributed by atoms with Crippen LogP contribution in [0.2, 0.25) is 4.34 Å². The molecule has 1 saturated heterocycles. The average molecular weight is 529 g/mol. The fraction of sp³-hybridized carbons (Fsp3) is 0.500. The van der Waals surface area contributed by atoms with E-state index in [-0.39, 0.29) is 38.7 Å². The summed E-state index contributed by atoms with van der Waals surface area (Å²) in [6.45, 7) is 2.85. The number of carbonyl (C=O) groups excluding carboxylic acids is 2. The highest BCUT2D eigenvalue weighted by Crippen LogP contribution is 2.35. The molecule has 1 aromatic heterocycles. The van der Waals surface area contributed by atoms with E-state index in [1.54, 1.807) is 19.1 Å². The highest BCUT2D eigenvalue weighted by Gasteiger charge is 2.37. The molecule has 2 heterocycles. The maximum absolute atomic E-state index is 13.2. The lowest BCUT2D eigenvalue weighted by atomic mass is 10.1. The third-order valence-corrected chi connectivity index (χ3v) is 8.96. The summed E-state index contributed by atoms with van der Waals surface area (Å²) >= 11 is 7.22. The Bertz CT molecular complexity index is 1140. The van der Waals surface area contributed by atoms with Gasteiger partial charge >= 0.3 is 5.97 Å². The largest absolute Gasteiger partial charge is 0.466 e. The van der Waals surface area contributed by atoms with E-state index < -0.39 is 27.8 Å². The second kappa shape index (κ2) is 10.7. The summed E-state index contributed by atoms with van der Waals surface area (Å²) in [5.41, 5.74) is 0.824. The number of nitrogens with one attached hydrogen (secondary N) is 1. The predicted molar refractivity (Wildman–Crippen MR) is 126 cm³/mol. The van der Waals surface area contributed by atoms with Gasteiger partial charge in [0.05, 0.1) is 41.6 Å². The first-order chi connectivity index (χ1) is 16.3. The Morgan fingerprint density at radius 2 is 2.00 bits per heavy atom. The molecule has 4 rings (SSSR count). The van der Waals surface area contributed by atoms with E-state index in [1.165, 1.54) is 12.1 Å². The molecule has 1 saturated carbocycles. The molecular weight excluding hydrogens is 504 g/mol. The van der Waals surface area contributed by atoms with Gasteiger partial charge in [-0.2, -0.15) is 0 Å². The van der Waals surface area contributed by atoms with Crippen LogP contribution in [-0.2, 0) is 40.1 Å². The molecule has 2 aliphatic rings. The van der Waals surface area contributed by atoms with Crippen molar-refractivity contribution in [2.75, 3.05) is 25.1 Å². The van der Waals surface area contributed by atoms with Crippen molar-refractivity contribution in [2.45, 2.75) is 55.0 Å². The molecule has 1 aromatic carbocycles. The molecule has 34 heavy (non-hydrogen) atoms. The van der Waals surface area contributed by atoms with Gasteiger partial charge in [-0.25, -0.2) is 13.4 Å². The second-order valence-corrected chi connectivity index (χ2v) is 11.9. The number of aromatic nitrogens is 1. The Balaban J connectivity index is 1.51. The zero-order valence-corrected chi connectivity index (χ0v) is 20.9. The van der Waals surface area contributed by atoms with E-state index in [2.05, 4.69) is 10.3 Å². The Hall–Kier alpha value is -2.05. The van der Waals surface area contributed by atoms with E-state index in [9.17, 15) is 18.0 Å². The summed E-state index contributed by atoms with van der Waals surface area (Å²) in [6.07, 6.45) is 0.605. The number of esters is 1. The minimum atomic E-state index is -3.34. The molecule has 1 N–H and O–H groups in total. The Labute approximate surface area is 206 Å². The maximum atomic E-state index is 13.2. The molecule has 2 fully saturated rings. The van der Waals surface area contributed by atoms with Crippen molar-refractivity contribution in [3.63, 3.8) is 0 Å². The van der Waals surface area contributed by atoms with Crippen molar-refractivity contribution in [3.8, 4) is 0 Å². The number of anilines is 1. The maximum Gasteiger partial charge on any atom is 0.311 e. The first kappa shape index (κ1) is 25.1. The molecule has 9 nitrogen and oxygen atoms in total. The highest BCUT2D eigenvalue weighted by atomic mass is 35.5. The lowest BCUT2D eigenvalue weighted by Crippen LogP contribution is -2.28. The van der Waals surface area contributed by atoms with Gasteiger partial charge in [-0.1, -0.05) is 35.1 Å². The number of thiazole rings is 1. The highest BCUT2D eigenvalue weighted by molar-refractivity contribution is 7.92. The second-order valence-electron chi connectivity index (χ2n) is 8.03. The van der Waals surface area contributed by atoms with Gasteiger partial charge < -0.3 is 14.2 Å². The van der Waals surface area contributed by atoms with Gasteiger partial charge in [0.15, 0.2) is 21.1 Å². The number of hydrogen-bond donors (Lipinski definition) is 1. The lowest BCUT2D eigenvalue weighted by Gasteiger charge is -2.21. The molecule has 0 bridgehead atoms. The molecule has 1 aliphatic heterocycles. The summed E-state index contributed by atoms with van der Waals surface area (Å²) in [5.74, 6) is -0.950. The number of amides is 1. The van der Waals surface area contributed by atoms with Crippen LogP contribution in [-0.4, -0.2) is 56.5 Å². The van der Waals surface area contributed by atoms with Crippen molar-refractivity contribution in [2.24, 2.45) is 0 Å². The number of nitrogens with zero attached hydrogens (tertiary/aromatic N) is 1. The van der Waals surface area contributed by atoms with Gasteiger partial charge in [-0.3, -0.25) is 14.9 Å². The van der Waals surface area contributed by atoms with Crippen LogP contribution in [0.4, 0.5) is 5.13 Å². The Morgan fingerprint density at radius 1 is 1.26 bits per heavy atom. The van der Waals surface area contributed by atoms with Crippen LogP contribution >= 0.6 is 22.9 Å². The fourth-order valence-corrected chi connectivity index (χ4v) is 6.22. The SMILES string of the molecule is CCOC(=O)Cc1nc(NC(=O)C(O[C@@H]2CCOC2)c2ccc(S(=O)(=O)C3CC3)cc2)sc1Cl. The van der Waals surface area contributed by atoms with E-state index in [0.29, 0.717) is 43.7 Å². The Kier molecular flexibility index (Phi) is 7.88. The van der Waals surface area contributed by atoms with Gasteiger partial charge in [0.1, 0.15) is 4.34 Å². The Morgan fingerprint density at radius 3 is 2.62 bits per heavy atom. The monoisotopic (exact) mass is 528 g/mol.